The molecule has 46 heavy (non-hydrogen) atoms. The van der Waals surface area contributed by atoms with Crippen molar-refractivity contribution in [2.75, 3.05) is 6.54 Å². The van der Waals surface area contributed by atoms with Crippen LogP contribution in [0.15, 0.2) is 60.0 Å². The van der Waals surface area contributed by atoms with Crippen molar-refractivity contribution in [2.45, 2.75) is 84.0 Å². The van der Waals surface area contributed by atoms with Crippen LogP contribution in [0.2, 0.25) is 0 Å². The number of nitriles is 1. The van der Waals surface area contributed by atoms with Crippen LogP contribution in [0.3, 0.4) is 0 Å². The number of alkyl carbamates (subject to hydrolysis) is 1. The predicted molar refractivity (Wildman–Crippen MR) is 170 cm³/mol. The van der Waals surface area contributed by atoms with Gasteiger partial charge in [0, 0.05) is 16.8 Å². The molecular weight excluding hydrogens is 613 g/mol. The average Bonchev–Trinajstić information content (AvgIpc) is 3.56. The number of nitrogens with one attached hydrogen (secondary N) is 1. The van der Waals surface area contributed by atoms with E-state index >= 15 is 0 Å². The highest BCUT2D eigenvalue weighted by atomic mass is 32.1. The molecule has 2 heterocycles. The third-order valence-corrected chi connectivity index (χ3v) is 7.75. The lowest BCUT2D eigenvalue weighted by Gasteiger charge is -2.30. The molecule has 1 fully saturated rings. The predicted octanol–water partition coefficient (Wildman–Crippen LogP) is 7.20. The van der Waals surface area contributed by atoms with E-state index in [-0.39, 0.29) is 19.5 Å². The van der Waals surface area contributed by atoms with Gasteiger partial charge in [-0.05, 0) is 82.9 Å². The van der Waals surface area contributed by atoms with Crippen LogP contribution in [0.4, 0.5) is 18.8 Å². The first-order chi connectivity index (χ1) is 21.6. The summed E-state index contributed by atoms with van der Waals surface area (Å²) >= 11 is 1.46. The first-order valence-electron chi connectivity index (χ1n) is 14.8. The van der Waals surface area contributed by atoms with Gasteiger partial charge in [0.1, 0.15) is 23.1 Å². The maximum atomic E-state index is 13.7. The number of nitrogens with zero attached hydrogens (tertiary/aromatic N) is 2. The number of hydrogen-bond donors (Lipinski definition) is 1. The molecule has 0 radical (unpaired) electrons. The minimum Gasteiger partial charge on any atom is -0.444 e. The lowest BCUT2D eigenvalue weighted by atomic mass is 9.99. The molecule has 3 aromatic rings. The molecule has 0 saturated carbocycles. The first kappa shape index (κ1) is 34.2. The molecular formula is C34H38FN3O7S. The van der Waals surface area contributed by atoms with Gasteiger partial charge in [-0.2, -0.15) is 5.26 Å². The third-order valence-electron chi connectivity index (χ3n) is 6.77. The summed E-state index contributed by atoms with van der Waals surface area (Å²) in [6.45, 7) is 10.1. The zero-order chi connectivity index (χ0) is 33.6. The van der Waals surface area contributed by atoms with Crippen LogP contribution in [-0.4, -0.2) is 59.2 Å². The Bertz CT molecular complexity index is 1590. The highest BCUT2D eigenvalue weighted by Crippen LogP contribution is 2.32. The Morgan fingerprint density at radius 3 is 2.28 bits per heavy atom. The maximum absolute atomic E-state index is 13.7. The normalized spacial score (nSPS) is 18.0. The molecule has 2 aromatic carbocycles. The van der Waals surface area contributed by atoms with Crippen LogP contribution in [0.1, 0.15) is 58.2 Å². The molecule has 0 aliphatic carbocycles. The second-order valence-corrected chi connectivity index (χ2v) is 13.8. The van der Waals surface area contributed by atoms with E-state index in [1.807, 2.05) is 30.3 Å². The average molecular weight is 652 g/mol. The maximum Gasteiger partial charge on any atom is 0.509 e. The monoisotopic (exact) mass is 651 g/mol. The fourth-order valence-electron chi connectivity index (χ4n) is 4.85. The quantitative estimate of drug-likeness (QED) is 0.210. The summed E-state index contributed by atoms with van der Waals surface area (Å²) in [6.07, 6.45) is -4.45. The van der Waals surface area contributed by atoms with E-state index in [4.69, 9.17) is 18.9 Å². The van der Waals surface area contributed by atoms with E-state index < -0.39 is 53.6 Å². The van der Waals surface area contributed by atoms with Crippen molar-refractivity contribution in [3.8, 4) is 16.5 Å². The minimum absolute atomic E-state index is 0.0148. The number of ether oxygens (including phenoxy) is 4. The summed E-state index contributed by atoms with van der Waals surface area (Å²) in [6, 6.07) is 16.5. The number of amides is 2. The molecule has 3 atom stereocenters. The molecule has 244 valence electrons. The van der Waals surface area contributed by atoms with Crippen molar-refractivity contribution in [1.29, 1.82) is 5.26 Å². The topological polar surface area (TPSA) is 127 Å². The van der Waals surface area contributed by atoms with Crippen LogP contribution in [0, 0.1) is 17.1 Å². The van der Waals surface area contributed by atoms with Gasteiger partial charge in [0.15, 0.2) is 12.2 Å². The smallest absolute Gasteiger partial charge is 0.444 e. The van der Waals surface area contributed by atoms with Gasteiger partial charge < -0.3 is 24.3 Å². The van der Waals surface area contributed by atoms with Crippen LogP contribution in [0.5, 0.6) is 0 Å². The number of benzene rings is 2. The Morgan fingerprint density at radius 1 is 0.978 bits per heavy atom. The van der Waals surface area contributed by atoms with E-state index in [0.29, 0.717) is 11.1 Å². The zero-order valence-corrected chi connectivity index (χ0v) is 27.5. The van der Waals surface area contributed by atoms with E-state index in [0.717, 1.165) is 16.0 Å². The number of carbonyl (C=O) groups excluding carboxylic acids is 3. The van der Waals surface area contributed by atoms with Crippen LogP contribution in [-0.2, 0) is 31.9 Å². The van der Waals surface area contributed by atoms with Gasteiger partial charge in [-0.1, -0.05) is 36.4 Å². The lowest BCUT2D eigenvalue weighted by Crippen LogP contribution is -2.46. The van der Waals surface area contributed by atoms with Crippen molar-refractivity contribution in [2.24, 2.45) is 0 Å². The van der Waals surface area contributed by atoms with E-state index in [1.165, 1.54) is 34.4 Å². The highest BCUT2D eigenvalue weighted by Gasteiger charge is 2.50. The minimum atomic E-state index is -1.11. The zero-order valence-electron chi connectivity index (χ0n) is 26.7. The summed E-state index contributed by atoms with van der Waals surface area (Å²) in [5.41, 5.74) is 1.15. The second-order valence-electron chi connectivity index (χ2n) is 12.9. The molecule has 0 spiro atoms. The van der Waals surface area contributed by atoms with Crippen LogP contribution < -0.4 is 5.32 Å². The summed E-state index contributed by atoms with van der Waals surface area (Å²) in [7, 11) is 0. The Hall–Kier alpha value is -4.63. The molecule has 4 rings (SSSR count). The second kappa shape index (κ2) is 14.2. The van der Waals surface area contributed by atoms with Gasteiger partial charge in [-0.3, -0.25) is 4.90 Å². The molecule has 10 nitrogen and oxygen atoms in total. The summed E-state index contributed by atoms with van der Waals surface area (Å²) in [4.78, 5) is 41.7. The lowest BCUT2D eigenvalue weighted by molar-refractivity contribution is -0.0518. The number of likely N-dealkylation sites (tertiary alicyclic amines) is 1. The fraction of sp³-hybridized carbons (Fsp3) is 0.412. The van der Waals surface area contributed by atoms with Crippen molar-refractivity contribution >= 4 is 29.7 Å². The number of halogens is 1. The Morgan fingerprint density at radius 2 is 1.67 bits per heavy atom. The summed E-state index contributed by atoms with van der Waals surface area (Å²) < 4.78 is 36.2. The van der Waals surface area contributed by atoms with Crippen molar-refractivity contribution in [3.63, 3.8) is 0 Å². The summed E-state index contributed by atoms with van der Waals surface area (Å²) in [5.74, 6) is -0.446. The van der Waals surface area contributed by atoms with Crippen molar-refractivity contribution < 1.29 is 37.7 Å². The molecule has 1 aromatic heterocycles. The van der Waals surface area contributed by atoms with Gasteiger partial charge in [0.05, 0.1) is 18.2 Å². The molecule has 1 aliphatic rings. The molecule has 1 saturated heterocycles. The number of thiophene rings is 1. The summed E-state index contributed by atoms with van der Waals surface area (Å²) in [5, 5.41) is 13.6. The molecule has 0 bridgehead atoms. The van der Waals surface area contributed by atoms with Gasteiger partial charge in [-0.15, -0.1) is 11.3 Å². The van der Waals surface area contributed by atoms with E-state index in [1.54, 1.807) is 53.0 Å². The van der Waals surface area contributed by atoms with E-state index in [2.05, 4.69) is 11.4 Å². The van der Waals surface area contributed by atoms with E-state index in [9.17, 15) is 24.0 Å². The van der Waals surface area contributed by atoms with Crippen molar-refractivity contribution in [1.82, 2.24) is 10.2 Å². The van der Waals surface area contributed by atoms with Crippen LogP contribution in [0.25, 0.3) is 10.4 Å². The molecule has 12 heteroatoms. The first-order valence-corrected chi connectivity index (χ1v) is 15.6. The Kier molecular flexibility index (Phi) is 10.6. The number of hydrogen-bond acceptors (Lipinski definition) is 9. The van der Waals surface area contributed by atoms with Gasteiger partial charge in [-0.25, -0.2) is 18.8 Å². The fourth-order valence-corrected chi connectivity index (χ4v) is 5.69. The molecule has 1 aliphatic heterocycles. The van der Waals surface area contributed by atoms with Gasteiger partial charge in [0.25, 0.3) is 0 Å². The molecule has 0 unspecified atom stereocenters. The third kappa shape index (κ3) is 9.68. The van der Waals surface area contributed by atoms with Crippen LogP contribution >= 0.6 is 11.3 Å². The number of carbonyl (C=O) groups is 3. The van der Waals surface area contributed by atoms with Crippen molar-refractivity contribution in [3.05, 3.63) is 82.5 Å². The number of rotatable bonds is 7. The Labute approximate surface area is 272 Å². The Balaban J connectivity index is 1.62. The molecule has 1 N–H and O–H groups in total. The molecule has 2 amide bonds. The largest absolute Gasteiger partial charge is 0.509 e. The highest BCUT2D eigenvalue weighted by molar-refractivity contribution is 7.13. The van der Waals surface area contributed by atoms with Gasteiger partial charge in [0.2, 0.25) is 0 Å². The SMILES string of the molecule is CC(C)(C)OC(=O)O[C@H]1CN(C(=O)OC(C)(C)C)[C@H](Cc2ccc(-c3cc(C#N)cs3)cc2)[C@@H]1OC(=O)NCc1cccc(F)c1. The standard InChI is InChI=1S/C34H38FN3O7S/c1-33(2,3)44-31(40)38-19-27(42-32(41)45-34(4,5)6)29(43-30(39)37-18-22-8-7-9-25(35)14-22)26(38)15-21-10-12-24(13-11-21)28-16-23(17-36)20-46-28/h7-14,16,20,26-27,29H,15,18-19H2,1-6H3,(H,37,39)/t26-,27+,29+/m1/s1. The van der Waals surface area contributed by atoms with Gasteiger partial charge >= 0.3 is 18.3 Å².